The molecule has 0 saturated heterocycles. The lowest BCUT2D eigenvalue weighted by molar-refractivity contribution is -0.116. The molecule has 0 spiro atoms. The van der Waals surface area contributed by atoms with E-state index in [9.17, 15) is 13.2 Å². The van der Waals surface area contributed by atoms with Crippen LogP contribution >= 0.6 is 27.3 Å². The molecule has 26 heavy (non-hydrogen) atoms. The molecule has 2 rings (SSSR count). The second kappa shape index (κ2) is 9.59. The molecule has 0 radical (unpaired) electrons. The molecule has 1 heterocycles. The number of nitrogens with zero attached hydrogens (tertiary/aromatic N) is 2. The Morgan fingerprint density at radius 3 is 2.54 bits per heavy atom. The van der Waals surface area contributed by atoms with Crippen molar-refractivity contribution in [1.82, 2.24) is 9.29 Å². The minimum absolute atomic E-state index is 0.176. The van der Waals surface area contributed by atoms with Crippen LogP contribution in [0.15, 0.2) is 39.0 Å². The number of thiazole rings is 1. The van der Waals surface area contributed by atoms with Gasteiger partial charge in [-0.25, -0.2) is 13.4 Å². The van der Waals surface area contributed by atoms with Crippen molar-refractivity contribution in [2.75, 3.05) is 18.4 Å². The number of anilines is 1. The Balaban J connectivity index is 2.15. The third kappa shape index (κ3) is 5.87. The topological polar surface area (TPSA) is 79.4 Å². The number of halogens is 1. The minimum atomic E-state index is -3.75. The molecule has 9 heteroatoms. The van der Waals surface area contributed by atoms with Gasteiger partial charge in [0.2, 0.25) is 15.9 Å². The zero-order chi connectivity index (χ0) is 19.2. The Morgan fingerprint density at radius 1 is 1.27 bits per heavy atom. The third-order valence-corrected chi connectivity index (χ3v) is 6.91. The van der Waals surface area contributed by atoms with Gasteiger partial charge in [-0.05, 0) is 37.6 Å². The van der Waals surface area contributed by atoms with Crippen molar-refractivity contribution in [2.45, 2.75) is 38.0 Å². The third-order valence-electron chi connectivity index (χ3n) is 3.65. The molecule has 1 aromatic carbocycles. The lowest BCUT2D eigenvalue weighted by atomic mass is 10.2. The number of sulfonamides is 1. The van der Waals surface area contributed by atoms with Crippen LogP contribution < -0.4 is 5.32 Å². The summed E-state index contributed by atoms with van der Waals surface area (Å²) < 4.78 is 27.9. The molecule has 0 aliphatic carbocycles. The molecule has 1 amide bonds. The van der Waals surface area contributed by atoms with Gasteiger partial charge in [0.05, 0.1) is 17.1 Å². The summed E-state index contributed by atoms with van der Waals surface area (Å²) >= 11 is 4.62. The van der Waals surface area contributed by atoms with Crippen LogP contribution in [-0.2, 0) is 14.8 Å². The summed E-state index contributed by atoms with van der Waals surface area (Å²) in [5.74, 6) is -0.392. The van der Waals surface area contributed by atoms with Crippen LogP contribution in [0.4, 0.5) is 5.13 Å². The van der Waals surface area contributed by atoms with Crippen molar-refractivity contribution in [3.05, 3.63) is 39.8 Å². The van der Waals surface area contributed by atoms with Crippen molar-refractivity contribution in [3.63, 3.8) is 0 Å². The zero-order valence-electron chi connectivity index (χ0n) is 14.7. The van der Waals surface area contributed by atoms with Crippen molar-refractivity contribution < 1.29 is 13.2 Å². The number of aryl methyl sites for hydroxylation is 1. The second-order valence-corrected chi connectivity index (χ2v) is 9.55. The van der Waals surface area contributed by atoms with Crippen LogP contribution in [0.3, 0.4) is 0 Å². The Morgan fingerprint density at radius 2 is 1.96 bits per heavy atom. The van der Waals surface area contributed by atoms with Crippen LogP contribution in [0.2, 0.25) is 0 Å². The normalized spacial score (nSPS) is 11.7. The fourth-order valence-corrected chi connectivity index (χ4v) is 4.71. The van der Waals surface area contributed by atoms with E-state index in [1.54, 1.807) is 12.1 Å². The van der Waals surface area contributed by atoms with Crippen molar-refractivity contribution in [2.24, 2.45) is 0 Å². The fourth-order valence-electron chi connectivity index (χ4n) is 2.31. The second-order valence-electron chi connectivity index (χ2n) is 5.84. The number of rotatable bonds is 9. The van der Waals surface area contributed by atoms with Crippen LogP contribution in [-0.4, -0.2) is 36.7 Å². The lowest BCUT2D eigenvalue weighted by Gasteiger charge is -2.21. The molecule has 6 nitrogen and oxygen atoms in total. The number of amides is 1. The van der Waals surface area contributed by atoms with E-state index in [0.29, 0.717) is 18.1 Å². The van der Waals surface area contributed by atoms with E-state index < -0.39 is 15.9 Å². The molecule has 2 aromatic rings. The first-order valence-electron chi connectivity index (χ1n) is 8.30. The molecular formula is C17H22BrN3O3S2. The number of benzene rings is 1. The highest BCUT2D eigenvalue weighted by molar-refractivity contribution is 9.10. The van der Waals surface area contributed by atoms with Gasteiger partial charge in [-0.1, -0.05) is 35.7 Å². The van der Waals surface area contributed by atoms with E-state index in [1.165, 1.54) is 27.8 Å². The highest BCUT2D eigenvalue weighted by atomic mass is 79.9. The summed E-state index contributed by atoms with van der Waals surface area (Å²) in [5.41, 5.74) is 0.813. The first-order chi connectivity index (χ1) is 12.3. The molecule has 0 bridgehead atoms. The van der Waals surface area contributed by atoms with Gasteiger partial charge in [0, 0.05) is 16.4 Å². The Labute approximate surface area is 166 Å². The van der Waals surface area contributed by atoms with Crippen LogP contribution in [0.25, 0.3) is 0 Å². The average molecular weight is 460 g/mol. The maximum Gasteiger partial charge on any atom is 0.243 e. The average Bonchev–Trinajstić information content (AvgIpc) is 2.99. The first kappa shape index (κ1) is 21.0. The molecular weight excluding hydrogens is 438 g/mol. The van der Waals surface area contributed by atoms with Gasteiger partial charge < -0.3 is 5.32 Å². The van der Waals surface area contributed by atoms with E-state index in [-0.39, 0.29) is 11.4 Å². The molecule has 0 unspecified atom stereocenters. The summed E-state index contributed by atoms with van der Waals surface area (Å²) in [5, 5.41) is 4.97. The maximum absolute atomic E-state index is 12.9. The zero-order valence-corrected chi connectivity index (χ0v) is 18.0. The van der Waals surface area contributed by atoms with E-state index in [0.717, 1.165) is 23.0 Å². The number of hydrogen-bond acceptors (Lipinski definition) is 5. The lowest BCUT2D eigenvalue weighted by Crippen LogP contribution is -2.38. The molecule has 0 fully saturated rings. The number of carbonyl (C=O) groups excluding carboxylic acids is 1. The van der Waals surface area contributed by atoms with Gasteiger partial charge in [-0.3, -0.25) is 4.79 Å². The summed E-state index contributed by atoms with van der Waals surface area (Å²) in [6.45, 7) is 3.95. The van der Waals surface area contributed by atoms with Crippen molar-refractivity contribution >= 4 is 48.3 Å². The molecule has 142 valence electrons. The highest BCUT2D eigenvalue weighted by Crippen LogP contribution is 2.20. The summed E-state index contributed by atoms with van der Waals surface area (Å²) in [6.07, 6.45) is 2.58. The Kier molecular flexibility index (Phi) is 7.75. The molecule has 1 N–H and O–H groups in total. The monoisotopic (exact) mass is 459 g/mol. The number of carbonyl (C=O) groups is 1. The van der Waals surface area contributed by atoms with E-state index in [1.807, 2.05) is 19.2 Å². The van der Waals surface area contributed by atoms with Gasteiger partial charge in [0.1, 0.15) is 0 Å². The number of aromatic nitrogens is 1. The maximum atomic E-state index is 12.9. The molecule has 0 atom stereocenters. The van der Waals surface area contributed by atoms with E-state index in [4.69, 9.17) is 0 Å². The Bertz CT molecular complexity index is 835. The molecule has 0 aliphatic heterocycles. The van der Waals surface area contributed by atoms with Crippen molar-refractivity contribution in [1.29, 1.82) is 0 Å². The summed E-state index contributed by atoms with van der Waals surface area (Å²) in [7, 11) is -3.75. The fraction of sp³-hybridized carbons (Fsp3) is 0.412. The standard InChI is InChI=1S/C17H22BrN3O3S2/c1-3-4-5-10-21(11-16(22)20-17-19-13(2)12-25-17)26(23,24)15-8-6-14(18)7-9-15/h6-9,12H,3-5,10-11H2,1-2H3,(H,19,20,22). The summed E-state index contributed by atoms with van der Waals surface area (Å²) in [4.78, 5) is 16.7. The smallest absolute Gasteiger partial charge is 0.243 e. The van der Waals surface area contributed by atoms with Crippen LogP contribution in [0.5, 0.6) is 0 Å². The largest absolute Gasteiger partial charge is 0.301 e. The van der Waals surface area contributed by atoms with Crippen LogP contribution in [0.1, 0.15) is 31.9 Å². The van der Waals surface area contributed by atoms with Gasteiger partial charge in [-0.15, -0.1) is 11.3 Å². The molecule has 1 aromatic heterocycles. The highest BCUT2D eigenvalue weighted by Gasteiger charge is 2.26. The molecule has 0 saturated carbocycles. The summed E-state index contributed by atoms with van der Waals surface area (Å²) in [6, 6.07) is 6.42. The number of unbranched alkanes of at least 4 members (excludes halogenated alkanes) is 2. The predicted octanol–water partition coefficient (Wildman–Crippen LogP) is 4.03. The Hall–Kier alpha value is -1.29. The van der Waals surface area contributed by atoms with Gasteiger partial charge >= 0.3 is 0 Å². The quantitative estimate of drug-likeness (QED) is 0.573. The van der Waals surface area contributed by atoms with Crippen molar-refractivity contribution in [3.8, 4) is 0 Å². The van der Waals surface area contributed by atoms with Gasteiger partial charge in [0.15, 0.2) is 5.13 Å². The number of hydrogen-bond donors (Lipinski definition) is 1. The SMILES string of the molecule is CCCCCN(CC(=O)Nc1nc(C)cs1)S(=O)(=O)c1ccc(Br)cc1. The van der Waals surface area contributed by atoms with Crippen LogP contribution in [0, 0.1) is 6.92 Å². The predicted molar refractivity (Wildman–Crippen MR) is 108 cm³/mol. The number of nitrogens with one attached hydrogen (secondary N) is 1. The van der Waals surface area contributed by atoms with Gasteiger partial charge in [0.25, 0.3) is 0 Å². The van der Waals surface area contributed by atoms with Gasteiger partial charge in [-0.2, -0.15) is 4.31 Å². The minimum Gasteiger partial charge on any atom is -0.301 e. The first-order valence-corrected chi connectivity index (χ1v) is 11.4. The van der Waals surface area contributed by atoms with E-state index >= 15 is 0 Å². The van der Waals surface area contributed by atoms with E-state index in [2.05, 4.69) is 26.2 Å². The molecule has 0 aliphatic rings.